The SMILES string of the molecule is CN(C)c1nc(N)nc(NCCOCCO)n1. The number of nitrogens with zero attached hydrogens (tertiary/aromatic N) is 4. The number of hydrogen-bond donors (Lipinski definition) is 3. The van der Waals surface area contributed by atoms with E-state index in [0.29, 0.717) is 31.7 Å². The standard InChI is InChI=1S/C9H18N6O2/c1-15(2)9-13-7(10)12-8(14-9)11-3-5-17-6-4-16/h16H,3-6H2,1-2H3,(H3,10,11,12,13,14). The van der Waals surface area contributed by atoms with Gasteiger partial charge in [0.25, 0.3) is 0 Å². The third kappa shape index (κ3) is 4.79. The van der Waals surface area contributed by atoms with Gasteiger partial charge in [0, 0.05) is 20.6 Å². The second-order valence-corrected chi connectivity index (χ2v) is 3.47. The fourth-order valence-corrected chi connectivity index (χ4v) is 1.06. The second kappa shape index (κ2) is 6.81. The monoisotopic (exact) mass is 242 g/mol. The third-order valence-corrected chi connectivity index (χ3v) is 1.81. The molecule has 4 N–H and O–H groups in total. The molecule has 0 amide bonds. The van der Waals surface area contributed by atoms with Crippen LogP contribution in [0.1, 0.15) is 0 Å². The number of hydrogen-bond acceptors (Lipinski definition) is 8. The van der Waals surface area contributed by atoms with Gasteiger partial charge in [0.1, 0.15) is 0 Å². The van der Waals surface area contributed by atoms with Crippen LogP contribution in [0.3, 0.4) is 0 Å². The molecule has 0 saturated heterocycles. The molecule has 0 atom stereocenters. The molecule has 0 aliphatic heterocycles. The van der Waals surface area contributed by atoms with Gasteiger partial charge in [0.15, 0.2) is 0 Å². The molecule has 1 aromatic rings. The van der Waals surface area contributed by atoms with Crippen LogP contribution in [0.15, 0.2) is 0 Å². The van der Waals surface area contributed by atoms with Gasteiger partial charge in [0.05, 0.1) is 19.8 Å². The van der Waals surface area contributed by atoms with Crippen LogP contribution >= 0.6 is 0 Å². The van der Waals surface area contributed by atoms with Crippen molar-refractivity contribution in [2.75, 3.05) is 56.4 Å². The highest BCUT2D eigenvalue weighted by Gasteiger charge is 2.05. The number of nitrogen functional groups attached to an aromatic ring is 1. The van der Waals surface area contributed by atoms with Gasteiger partial charge in [-0.15, -0.1) is 0 Å². The molecule has 0 aromatic carbocycles. The molecular weight excluding hydrogens is 224 g/mol. The minimum Gasteiger partial charge on any atom is -0.394 e. The Morgan fingerprint density at radius 2 is 2.06 bits per heavy atom. The van der Waals surface area contributed by atoms with E-state index in [9.17, 15) is 0 Å². The average Bonchev–Trinajstić information content (AvgIpc) is 2.28. The summed E-state index contributed by atoms with van der Waals surface area (Å²) in [6.45, 7) is 1.34. The summed E-state index contributed by atoms with van der Waals surface area (Å²) in [7, 11) is 3.64. The Balaban J connectivity index is 2.47. The molecule has 0 saturated carbocycles. The topological polar surface area (TPSA) is 109 Å². The van der Waals surface area contributed by atoms with Crippen molar-refractivity contribution in [1.82, 2.24) is 15.0 Å². The number of aromatic nitrogens is 3. The van der Waals surface area contributed by atoms with Gasteiger partial charge in [-0.25, -0.2) is 0 Å². The van der Waals surface area contributed by atoms with Gasteiger partial charge in [-0.2, -0.15) is 15.0 Å². The smallest absolute Gasteiger partial charge is 0.231 e. The number of nitrogens with one attached hydrogen (secondary N) is 1. The Morgan fingerprint density at radius 3 is 2.71 bits per heavy atom. The van der Waals surface area contributed by atoms with E-state index < -0.39 is 0 Å². The molecule has 0 aliphatic carbocycles. The normalized spacial score (nSPS) is 10.3. The third-order valence-electron chi connectivity index (χ3n) is 1.81. The molecule has 0 radical (unpaired) electrons. The number of aliphatic hydroxyl groups is 1. The van der Waals surface area contributed by atoms with Gasteiger partial charge >= 0.3 is 0 Å². The van der Waals surface area contributed by atoms with Crippen LogP contribution < -0.4 is 16.0 Å². The van der Waals surface area contributed by atoms with E-state index in [0.717, 1.165) is 0 Å². The molecule has 0 spiro atoms. The van der Waals surface area contributed by atoms with Gasteiger partial charge in [-0.1, -0.05) is 0 Å². The number of rotatable bonds is 7. The predicted octanol–water partition coefficient (Wildman–Crippen LogP) is -1.06. The van der Waals surface area contributed by atoms with E-state index in [1.807, 2.05) is 14.1 Å². The number of ether oxygens (including phenoxy) is 1. The molecule has 8 heteroatoms. The lowest BCUT2D eigenvalue weighted by Gasteiger charge is -2.12. The first-order valence-electron chi connectivity index (χ1n) is 5.25. The van der Waals surface area contributed by atoms with E-state index in [2.05, 4.69) is 20.3 Å². The summed E-state index contributed by atoms with van der Waals surface area (Å²) in [4.78, 5) is 13.8. The van der Waals surface area contributed by atoms with E-state index in [-0.39, 0.29) is 12.6 Å². The van der Waals surface area contributed by atoms with Gasteiger partial charge in [0.2, 0.25) is 17.8 Å². The molecule has 17 heavy (non-hydrogen) atoms. The summed E-state index contributed by atoms with van der Waals surface area (Å²) < 4.78 is 5.09. The highest BCUT2D eigenvalue weighted by molar-refractivity contribution is 5.40. The van der Waals surface area contributed by atoms with Crippen LogP contribution in [0.2, 0.25) is 0 Å². The first-order valence-corrected chi connectivity index (χ1v) is 5.25. The molecule has 1 aromatic heterocycles. The Labute approximate surface area is 99.8 Å². The lowest BCUT2D eigenvalue weighted by atomic mass is 10.6. The zero-order valence-corrected chi connectivity index (χ0v) is 10.1. The number of aliphatic hydroxyl groups excluding tert-OH is 1. The molecular formula is C9H18N6O2. The molecule has 8 nitrogen and oxygen atoms in total. The zero-order valence-electron chi connectivity index (χ0n) is 10.1. The van der Waals surface area contributed by atoms with Crippen molar-refractivity contribution < 1.29 is 9.84 Å². The maximum Gasteiger partial charge on any atom is 0.231 e. The van der Waals surface area contributed by atoms with E-state index >= 15 is 0 Å². The highest BCUT2D eigenvalue weighted by atomic mass is 16.5. The Morgan fingerprint density at radius 1 is 1.29 bits per heavy atom. The van der Waals surface area contributed by atoms with Crippen LogP contribution in [0, 0.1) is 0 Å². The van der Waals surface area contributed by atoms with Crippen LogP contribution in [0.5, 0.6) is 0 Å². The maximum absolute atomic E-state index is 8.52. The molecule has 0 bridgehead atoms. The number of nitrogens with two attached hydrogens (primary N) is 1. The van der Waals surface area contributed by atoms with Gasteiger partial charge in [-0.3, -0.25) is 0 Å². The largest absolute Gasteiger partial charge is 0.394 e. The van der Waals surface area contributed by atoms with Crippen molar-refractivity contribution in [3.8, 4) is 0 Å². The van der Waals surface area contributed by atoms with Crippen LogP contribution in [-0.4, -0.2) is 60.5 Å². The molecule has 0 unspecified atom stereocenters. The van der Waals surface area contributed by atoms with E-state index in [1.54, 1.807) is 4.90 Å². The van der Waals surface area contributed by atoms with Crippen molar-refractivity contribution >= 4 is 17.8 Å². The molecule has 1 heterocycles. The number of anilines is 3. The summed E-state index contributed by atoms with van der Waals surface area (Å²) in [5.74, 6) is 1.08. The maximum atomic E-state index is 8.52. The zero-order chi connectivity index (χ0) is 12.7. The fourth-order valence-electron chi connectivity index (χ4n) is 1.06. The quantitative estimate of drug-likeness (QED) is 0.519. The summed E-state index contributed by atoms with van der Waals surface area (Å²) in [5.41, 5.74) is 5.56. The molecule has 0 fully saturated rings. The fraction of sp³-hybridized carbons (Fsp3) is 0.667. The van der Waals surface area contributed by atoms with Crippen LogP contribution in [-0.2, 0) is 4.74 Å². The summed E-state index contributed by atoms with van der Waals surface area (Å²) in [6.07, 6.45) is 0. The molecule has 1 rings (SSSR count). The lowest BCUT2D eigenvalue weighted by Crippen LogP contribution is -2.18. The molecule has 96 valence electrons. The molecule has 0 aliphatic rings. The first kappa shape index (κ1) is 13.4. The minimum atomic E-state index is 0.0173. The van der Waals surface area contributed by atoms with Crippen molar-refractivity contribution in [3.05, 3.63) is 0 Å². The minimum absolute atomic E-state index is 0.0173. The van der Waals surface area contributed by atoms with Crippen molar-refractivity contribution in [2.45, 2.75) is 0 Å². The van der Waals surface area contributed by atoms with Crippen LogP contribution in [0.25, 0.3) is 0 Å². The Bertz CT molecular complexity index is 346. The van der Waals surface area contributed by atoms with E-state index in [1.165, 1.54) is 0 Å². The van der Waals surface area contributed by atoms with Crippen molar-refractivity contribution in [2.24, 2.45) is 0 Å². The van der Waals surface area contributed by atoms with Gasteiger partial charge < -0.3 is 25.8 Å². The Kier molecular flexibility index (Phi) is 5.37. The second-order valence-electron chi connectivity index (χ2n) is 3.47. The van der Waals surface area contributed by atoms with Crippen molar-refractivity contribution in [1.29, 1.82) is 0 Å². The highest BCUT2D eigenvalue weighted by Crippen LogP contribution is 2.08. The summed E-state index contributed by atoms with van der Waals surface area (Å²) in [6, 6.07) is 0. The lowest BCUT2D eigenvalue weighted by molar-refractivity contribution is 0.0991. The predicted molar refractivity (Wildman–Crippen MR) is 65.0 cm³/mol. The Hall–Kier alpha value is -1.67. The summed E-state index contributed by atoms with van der Waals surface area (Å²) >= 11 is 0. The van der Waals surface area contributed by atoms with E-state index in [4.69, 9.17) is 15.6 Å². The van der Waals surface area contributed by atoms with Crippen molar-refractivity contribution in [3.63, 3.8) is 0 Å². The average molecular weight is 242 g/mol. The van der Waals surface area contributed by atoms with Gasteiger partial charge in [-0.05, 0) is 0 Å². The summed E-state index contributed by atoms with van der Waals surface area (Å²) in [5, 5.41) is 11.5. The van der Waals surface area contributed by atoms with Crippen LogP contribution in [0.4, 0.5) is 17.8 Å². The first-order chi connectivity index (χ1) is 8.13.